The van der Waals surface area contributed by atoms with Crippen LogP contribution in [0, 0.1) is 0 Å². The lowest BCUT2D eigenvalue weighted by atomic mass is 10.1. The third kappa shape index (κ3) is 3.50. The van der Waals surface area contributed by atoms with Crippen molar-refractivity contribution in [2.75, 3.05) is 31.7 Å². The summed E-state index contributed by atoms with van der Waals surface area (Å²) in [6.45, 7) is 4.56. The number of nitrogens with two attached hydrogens (primary N) is 1. The van der Waals surface area contributed by atoms with Gasteiger partial charge in [-0.05, 0) is 36.6 Å². The van der Waals surface area contributed by atoms with Gasteiger partial charge in [-0.3, -0.25) is 0 Å². The molecule has 1 aliphatic heterocycles. The summed E-state index contributed by atoms with van der Waals surface area (Å²) in [6, 6.07) is 6.10. The standard InChI is InChI=1S/C15H21ClN2O/c1-11(17)13-3-4-15(14(16)9-13)18-7-5-12(6-8-18)10-19-2/h3-5,9,11H,6-8,10,17H2,1-2H3. The Bertz CT molecular complexity index is 471. The Labute approximate surface area is 120 Å². The summed E-state index contributed by atoms with van der Waals surface area (Å²) in [5.74, 6) is 0. The van der Waals surface area contributed by atoms with Gasteiger partial charge in [-0.25, -0.2) is 0 Å². The maximum Gasteiger partial charge on any atom is 0.0674 e. The lowest BCUT2D eigenvalue weighted by Gasteiger charge is -2.29. The van der Waals surface area contributed by atoms with Gasteiger partial charge in [0.05, 0.1) is 17.3 Å². The van der Waals surface area contributed by atoms with Crippen LogP contribution in [0.5, 0.6) is 0 Å². The van der Waals surface area contributed by atoms with Gasteiger partial charge in [-0.1, -0.05) is 23.7 Å². The molecule has 2 rings (SSSR count). The van der Waals surface area contributed by atoms with E-state index in [1.807, 2.05) is 13.0 Å². The van der Waals surface area contributed by atoms with Crippen LogP contribution in [0.1, 0.15) is 24.9 Å². The molecule has 0 aromatic heterocycles. The molecule has 104 valence electrons. The topological polar surface area (TPSA) is 38.5 Å². The Hall–Kier alpha value is -1.03. The van der Waals surface area contributed by atoms with E-state index in [0.29, 0.717) is 0 Å². The number of hydrogen-bond acceptors (Lipinski definition) is 3. The van der Waals surface area contributed by atoms with Gasteiger partial charge in [-0.15, -0.1) is 0 Å². The van der Waals surface area contributed by atoms with Crippen molar-refractivity contribution in [3.8, 4) is 0 Å². The average molecular weight is 281 g/mol. The molecular weight excluding hydrogens is 260 g/mol. The van der Waals surface area contributed by atoms with E-state index in [4.69, 9.17) is 22.1 Å². The predicted molar refractivity (Wildman–Crippen MR) is 80.8 cm³/mol. The molecule has 3 nitrogen and oxygen atoms in total. The van der Waals surface area contributed by atoms with E-state index in [0.717, 1.165) is 42.4 Å². The van der Waals surface area contributed by atoms with Gasteiger partial charge in [0.15, 0.2) is 0 Å². The van der Waals surface area contributed by atoms with Gasteiger partial charge in [0.25, 0.3) is 0 Å². The van der Waals surface area contributed by atoms with Crippen LogP contribution in [0.3, 0.4) is 0 Å². The normalized spacial score (nSPS) is 17.3. The summed E-state index contributed by atoms with van der Waals surface area (Å²) in [7, 11) is 1.73. The first kappa shape index (κ1) is 14.4. The maximum absolute atomic E-state index is 6.36. The highest BCUT2D eigenvalue weighted by atomic mass is 35.5. The Kier molecular flexibility index (Phi) is 4.86. The SMILES string of the molecule is COCC1=CCN(c2ccc(C(C)N)cc2Cl)CC1. The van der Waals surface area contributed by atoms with Gasteiger partial charge in [0.1, 0.15) is 0 Å². The number of methoxy groups -OCH3 is 1. The van der Waals surface area contributed by atoms with Gasteiger partial charge in [-0.2, -0.15) is 0 Å². The molecule has 1 unspecified atom stereocenters. The van der Waals surface area contributed by atoms with Crippen LogP contribution in [-0.2, 0) is 4.74 Å². The molecule has 1 aliphatic rings. The van der Waals surface area contributed by atoms with Crippen molar-refractivity contribution in [1.82, 2.24) is 0 Å². The summed E-state index contributed by atoms with van der Waals surface area (Å²) in [5.41, 5.74) is 9.38. The molecule has 1 heterocycles. The number of rotatable bonds is 4. The highest BCUT2D eigenvalue weighted by Crippen LogP contribution is 2.30. The van der Waals surface area contributed by atoms with Gasteiger partial charge < -0.3 is 15.4 Å². The third-order valence-electron chi connectivity index (χ3n) is 3.47. The molecule has 0 amide bonds. The summed E-state index contributed by atoms with van der Waals surface area (Å²) < 4.78 is 5.16. The van der Waals surface area contributed by atoms with Crippen molar-refractivity contribution in [2.45, 2.75) is 19.4 Å². The molecule has 19 heavy (non-hydrogen) atoms. The van der Waals surface area contributed by atoms with E-state index in [1.165, 1.54) is 5.57 Å². The smallest absolute Gasteiger partial charge is 0.0674 e. The van der Waals surface area contributed by atoms with E-state index < -0.39 is 0 Å². The Morgan fingerprint density at radius 2 is 2.26 bits per heavy atom. The zero-order valence-electron chi connectivity index (χ0n) is 11.5. The quantitative estimate of drug-likeness (QED) is 0.861. The second-order valence-corrected chi connectivity index (χ2v) is 5.40. The summed E-state index contributed by atoms with van der Waals surface area (Å²) in [5, 5.41) is 0.776. The van der Waals surface area contributed by atoms with Crippen LogP contribution < -0.4 is 10.6 Å². The van der Waals surface area contributed by atoms with Crippen LogP contribution in [0.2, 0.25) is 5.02 Å². The first-order valence-electron chi connectivity index (χ1n) is 6.58. The molecule has 1 aromatic carbocycles. The van der Waals surface area contributed by atoms with Crippen molar-refractivity contribution >= 4 is 17.3 Å². The number of halogens is 1. The average Bonchev–Trinajstić information content (AvgIpc) is 2.40. The highest BCUT2D eigenvalue weighted by molar-refractivity contribution is 6.33. The molecule has 0 aliphatic carbocycles. The van der Waals surface area contributed by atoms with Crippen molar-refractivity contribution in [3.63, 3.8) is 0 Å². The van der Waals surface area contributed by atoms with Crippen molar-refractivity contribution in [2.24, 2.45) is 5.73 Å². The minimum absolute atomic E-state index is 0.0149. The second kappa shape index (κ2) is 6.42. The Morgan fingerprint density at radius 3 is 2.79 bits per heavy atom. The maximum atomic E-state index is 6.36. The van der Waals surface area contributed by atoms with Crippen molar-refractivity contribution in [3.05, 3.63) is 40.4 Å². The van der Waals surface area contributed by atoms with Crippen molar-refractivity contribution in [1.29, 1.82) is 0 Å². The monoisotopic (exact) mass is 280 g/mol. The minimum atomic E-state index is 0.0149. The Morgan fingerprint density at radius 1 is 1.47 bits per heavy atom. The second-order valence-electron chi connectivity index (χ2n) is 4.99. The lowest BCUT2D eigenvalue weighted by molar-refractivity contribution is 0.222. The summed E-state index contributed by atoms with van der Waals surface area (Å²) in [6.07, 6.45) is 3.25. The first-order chi connectivity index (χ1) is 9.11. The van der Waals surface area contributed by atoms with Crippen LogP contribution in [0.4, 0.5) is 5.69 Å². The fraction of sp³-hybridized carbons (Fsp3) is 0.467. The molecule has 0 spiro atoms. The highest BCUT2D eigenvalue weighted by Gasteiger charge is 2.15. The van der Waals surface area contributed by atoms with E-state index in [-0.39, 0.29) is 6.04 Å². The lowest BCUT2D eigenvalue weighted by Crippen LogP contribution is -2.29. The van der Waals surface area contributed by atoms with Crippen molar-refractivity contribution < 1.29 is 4.74 Å². The molecule has 4 heteroatoms. The zero-order chi connectivity index (χ0) is 13.8. The van der Waals surface area contributed by atoms with E-state index in [2.05, 4.69) is 23.1 Å². The molecule has 0 radical (unpaired) electrons. The largest absolute Gasteiger partial charge is 0.380 e. The first-order valence-corrected chi connectivity index (χ1v) is 6.96. The van der Waals surface area contributed by atoms with Gasteiger partial charge in [0, 0.05) is 26.2 Å². The summed E-state index contributed by atoms with van der Waals surface area (Å²) >= 11 is 6.36. The minimum Gasteiger partial charge on any atom is -0.380 e. The van der Waals surface area contributed by atoms with E-state index >= 15 is 0 Å². The van der Waals surface area contributed by atoms with Crippen LogP contribution in [-0.4, -0.2) is 26.8 Å². The molecule has 0 saturated heterocycles. The van der Waals surface area contributed by atoms with Crippen LogP contribution in [0.15, 0.2) is 29.8 Å². The molecule has 1 aromatic rings. The van der Waals surface area contributed by atoms with Gasteiger partial charge in [0.2, 0.25) is 0 Å². The van der Waals surface area contributed by atoms with Crippen LogP contribution >= 0.6 is 11.6 Å². The van der Waals surface area contributed by atoms with Gasteiger partial charge >= 0.3 is 0 Å². The zero-order valence-corrected chi connectivity index (χ0v) is 12.3. The number of nitrogens with zero attached hydrogens (tertiary/aromatic N) is 1. The number of anilines is 1. The van der Waals surface area contributed by atoms with E-state index in [1.54, 1.807) is 7.11 Å². The third-order valence-corrected chi connectivity index (χ3v) is 3.77. The number of hydrogen-bond donors (Lipinski definition) is 1. The molecule has 0 bridgehead atoms. The molecule has 0 saturated carbocycles. The molecular formula is C15H21ClN2O. The number of ether oxygens (including phenoxy) is 1. The van der Waals surface area contributed by atoms with Crippen LogP contribution in [0.25, 0.3) is 0 Å². The molecule has 1 atom stereocenters. The fourth-order valence-corrected chi connectivity index (χ4v) is 2.62. The molecule has 2 N–H and O–H groups in total. The molecule has 0 fully saturated rings. The predicted octanol–water partition coefficient (Wildman–Crippen LogP) is 3.14. The fourth-order valence-electron chi connectivity index (χ4n) is 2.31. The number of benzene rings is 1. The van der Waals surface area contributed by atoms with E-state index in [9.17, 15) is 0 Å². The Balaban J connectivity index is 2.11. The summed E-state index contributed by atoms with van der Waals surface area (Å²) in [4.78, 5) is 2.28.